The molecule has 1 unspecified atom stereocenters. The van der Waals surface area contributed by atoms with Gasteiger partial charge in [-0.25, -0.2) is 0 Å². The second-order valence-electron chi connectivity index (χ2n) is 6.83. The summed E-state index contributed by atoms with van der Waals surface area (Å²) in [5, 5.41) is 6.57. The van der Waals surface area contributed by atoms with E-state index in [0.717, 1.165) is 43.0 Å². The third kappa shape index (κ3) is 5.36. The fourth-order valence-corrected chi connectivity index (χ4v) is 3.25. The van der Waals surface area contributed by atoms with E-state index in [1.165, 1.54) is 0 Å². The van der Waals surface area contributed by atoms with E-state index in [1.54, 1.807) is 0 Å². The van der Waals surface area contributed by atoms with E-state index in [1.807, 2.05) is 32.0 Å². The molecule has 1 aliphatic rings. The summed E-state index contributed by atoms with van der Waals surface area (Å²) in [6.07, 6.45) is 1.81. The minimum atomic E-state index is -0.0303. The Kier molecular flexibility index (Phi) is 7.56. The van der Waals surface area contributed by atoms with Gasteiger partial charge in [0.2, 0.25) is 5.91 Å². The van der Waals surface area contributed by atoms with Crippen LogP contribution in [0.1, 0.15) is 52.1 Å². The third-order valence-corrected chi connectivity index (χ3v) is 4.60. The Hall–Kier alpha value is -1.75. The first-order chi connectivity index (χ1) is 12.1. The Bertz CT molecular complexity index is 554. The Balaban J connectivity index is 2.18. The summed E-state index contributed by atoms with van der Waals surface area (Å²) in [7, 11) is 0. The summed E-state index contributed by atoms with van der Waals surface area (Å²) < 4.78 is 11.4. The van der Waals surface area contributed by atoms with E-state index in [0.29, 0.717) is 13.2 Å². The Morgan fingerprint density at radius 2 is 1.80 bits per heavy atom. The number of carbonyl (C=O) groups is 1. The quantitative estimate of drug-likeness (QED) is 0.757. The monoisotopic (exact) mass is 348 g/mol. The molecule has 25 heavy (non-hydrogen) atoms. The number of hydrogen-bond acceptors (Lipinski definition) is 4. The van der Waals surface area contributed by atoms with Gasteiger partial charge in [-0.3, -0.25) is 4.79 Å². The van der Waals surface area contributed by atoms with E-state index in [-0.39, 0.29) is 23.8 Å². The van der Waals surface area contributed by atoms with E-state index in [4.69, 9.17) is 9.47 Å². The first-order valence-electron chi connectivity index (χ1n) is 9.47. The lowest BCUT2D eigenvalue weighted by molar-refractivity contribution is -0.126. The number of benzene rings is 1. The van der Waals surface area contributed by atoms with Gasteiger partial charge in [0.05, 0.1) is 19.3 Å². The molecule has 2 rings (SSSR count). The molecule has 1 fully saturated rings. The van der Waals surface area contributed by atoms with E-state index >= 15 is 0 Å². The average molecular weight is 348 g/mol. The first-order valence-corrected chi connectivity index (χ1v) is 9.47. The number of hydrogen-bond donors (Lipinski definition) is 2. The Morgan fingerprint density at radius 3 is 2.40 bits per heavy atom. The van der Waals surface area contributed by atoms with Crippen LogP contribution in [0, 0.1) is 11.8 Å². The summed E-state index contributed by atoms with van der Waals surface area (Å²) in [5.41, 5.74) is 1.06. The summed E-state index contributed by atoms with van der Waals surface area (Å²) in [5.74, 6) is 2.05. The van der Waals surface area contributed by atoms with Gasteiger partial charge in [-0.2, -0.15) is 0 Å². The summed E-state index contributed by atoms with van der Waals surface area (Å²) >= 11 is 0. The summed E-state index contributed by atoms with van der Waals surface area (Å²) in [6, 6.07) is 5.94. The van der Waals surface area contributed by atoms with E-state index in [2.05, 4.69) is 24.5 Å². The predicted molar refractivity (Wildman–Crippen MR) is 100 cm³/mol. The highest BCUT2D eigenvalue weighted by Gasteiger charge is 2.26. The Morgan fingerprint density at radius 1 is 1.16 bits per heavy atom. The van der Waals surface area contributed by atoms with Crippen LogP contribution in [0.15, 0.2) is 18.2 Å². The summed E-state index contributed by atoms with van der Waals surface area (Å²) in [4.78, 5) is 12.7. The number of piperidine rings is 1. The van der Waals surface area contributed by atoms with Gasteiger partial charge in [0, 0.05) is 5.92 Å². The van der Waals surface area contributed by atoms with Crippen LogP contribution in [0.4, 0.5) is 0 Å². The highest BCUT2D eigenvalue weighted by molar-refractivity contribution is 5.79. The van der Waals surface area contributed by atoms with Gasteiger partial charge in [0.15, 0.2) is 11.5 Å². The van der Waals surface area contributed by atoms with Gasteiger partial charge >= 0.3 is 0 Å². The van der Waals surface area contributed by atoms with Crippen LogP contribution < -0.4 is 20.1 Å². The van der Waals surface area contributed by atoms with Crippen LogP contribution in [0.3, 0.4) is 0 Å². The van der Waals surface area contributed by atoms with Gasteiger partial charge in [-0.15, -0.1) is 0 Å². The molecule has 0 bridgehead atoms. The molecule has 140 valence electrons. The molecule has 1 atom stereocenters. The second kappa shape index (κ2) is 9.66. The predicted octanol–water partition coefficient (Wildman–Crippen LogP) is 3.30. The van der Waals surface area contributed by atoms with Gasteiger partial charge in [-0.1, -0.05) is 19.9 Å². The fourth-order valence-electron chi connectivity index (χ4n) is 3.25. The number of rotatable bonds is 8. The molecule has 1 aromatic carbocycles. The lowest BCUT2D eigenvalue weighted by Gasteiger charge is -2.28. The smallest absolute Gasteiger partial charge is 0.223 e. The molecule has 1 amide bonds. The molecule has 5 heteroatoms. The Labute approximate surface area is 151 Å². The molecule has 0 spiro atoms. The zero-order valence-electron chi connectivity index (χ0n) is 15.9. The van der Waals surface area contributed by atoms with Crippen LogP contribution in [0.5, 0.6) is 11.5 Å². The van der Waals surface area contributed by atoms with Crippen molar-refractivity contribution >= 4 is 5.91 Å². The SMILES string of the molecule is CCOc1ccc(C(NC(=O)C2CCNCC2)C(C)C)cc1OCC. The first kappa shape index (κ1) is 19.6. The standard InChI is InChI=1S/C20H32N2O3/c1-5-24-17-8-7-16(13-18(17)25-6-2)19(14(3)4)22-20(23)15-9-11-21-12-10-15/h7-8,13-15,19,21H,5-6,9-12H2,1-4H3,(H,22,23). The maximum Gasteiger partial charge on any atom is 0.223 e. The highest BCUT2D eigenvalue weighted by atomic mass is 16.5. The molecule has 1 saturated heterocycles. The molecule has 1 aromatic rings. The summed E-state index contributed by atoms with van der Waals surface area (Å²) in [6.45, 7) is 11.2. The molecule has 0 radical (unpaired) electrons. The van der Waals surface area contributed by atoms with Crippen molar-refractivity contribution in [1.82, 2.24) is 10.6 Å². The van der Waals surface area contributed by atoms with Crippen LogP contribution >= 0.6 is 0 Å². The largest absolute Gasteiger partial charge is 0.490 e. The maximum atomic E-state index is 12.7. The molecule has 0 saturated carbocycles. The molecule has 1 heterocycles. The van der Waals surface area contributed by atoms with Crippen molar-refractivity contribution in [2.24, 2.45) is 11.8 Å². The van der Waals surface area contributed by atoms with Crippen LogP contribution in [-0.4, -0.2) is 32.2 Å². The fraction of sp³-hybridized carbons (Fsp3) is 0.650. The van der Waals surface area contributed by atoms with Gasteiger partial charge in [-0.05, 0) is 63.4 Å². The van der Waals surface area contributed by atoms with Gasteiger partial charge < -0.3 is 20.1 Å². The van der Waals surface area contributed by atoms with Crippen molar-refractivity contribution in [3.63, 3.8) is 0 Å². The van der Waals surface area contributed by atoms with Crippen molar-refractivity contribution in [1.29, 1.82) is 0 Å². The van der Waals surface area contributed by atoms with Crippen LogP contribution in [0.2, 0.25) is 0 Å². The lowest BCUT2D eigenvalue weighted by atomic mass is 9.92. The molecular formula is C20H32N2O3. The maximum absolute atomic E-state index is 12.7. The van der Waals surface area contributed by atoms with Crippen LogP contribution in [0.25, 0.3) is 0 Å². The number of amides is 1. The number of carbonyl (C=O) groups excluding carboxylic acids is 1. The van der Waals surface area contributed by atoms with Gasteiger partial charge in [0.25, 0.3) is 0 Å². The third-order valence-electron chi connectivity index (χ3n) is 4.60. The number of ether oxygens (including phenoxy) is 2. The number of nitrogens with one attached hydrogen (secondary N) is 2. The molecule has 2 N–H and O–H groups in total. The van der Waals surface area contributed by atoms with Crippen molar-refractivity contribution in [2.75, 3.05) is 26.3 Å². The average Bonchev–Trinajstić information content (AvgIpc) is 2.62. The van der Waals surface area contributed by atoms with Crippen molar-refractivity contribution < 1.29 is 14.3 Å². The minimum Gasteiger partial charge on any atom is -0.490 e. The highest BCUT2D eigenvalue weighted by Crippen LogP contribution is 2.33. The molecule has 5 nitrogen and oxygen atoms in total. The zero-order valence-corrected chi connectivity index (χ0v) is 15.9. The molecule has 0 aliphatic carbocycles. The molecular weight excluding hydrogens is 316 g/mol. The van der Waals surface area contributed by atoms with Crippen LogP contribution in [-0.2, 0) is 4.79 Å². The van der Waals surface area contributed by atoms with Crippen molar-refractivity contribution in [2.45, 2.75) is 46.6 Å². The van der Waals surface area contributed by atoms with E-state index < -0.39 is 0 Å². The van der Waals surface area contributed by atoms with E-state index in [9.17, 15) is 4.79 Å². The topological polar surface area (TPSA) is 59.6 Å². The normalized spacial score (nSPS) is 16.5. The zero-order chi connectivity index (χ0) is 18.2. The molecule has 1 aliphatic heterocycles. The van der Waals surface area contributed by atoms with Crippen molar-refractivity contribution in [3.8, 4) is 11.5 Å². The van der Waals surface area contributed by atoms with Gasteiger partial charge in [0.1, 0.15) is 0 Å². The van der Waals surface area contributed by atoms with Crippen molar-refractivity contribution in [3.05, 3.63) is 23.8 Å². The minimum absolute atomic E-state index is 0.0303. The second-order valence-corrected chi connectivity index (χ2v) is 6.83. The lowest BCUT2D eigenvalue weighted by Crippen LogP contribution is -2.40. The molecule has 0 aromatic heterocycles.